The molecule has 0 spiro atoms. The number of carboxylic acid groups (broad SMARTS) is 1. The Labute approximate surface area is 102 Å². The normalized spacial score (nSPS) is 23.7. The number of urea groups is 1. The first-order valence-corrected chi connectivity index (χ1v) is 6.05. The quantitative estimate of drug-likeness (QED) is 0.700. The molecule has 0 heterocycles. The first-order valence-electron chi connectivity index (χ1n) is 6.05. The van der Waals surface area contributed by atoms with Gasteiger partial charge in [-0.05, 0) is 24.2 Å². The van der Waals surface area contributed by atoms with Crippen LogP contribution in [0.4, 0.5) is 4.79 Å². The van der Waals surface area contributed by atoms with Crippen LogP contribution in [0.2, 0.25) is 0 Å². The second-order valence-electron chi connectivity index (χ2n) is 5.78. The fourth-order valence-electron chi connectivity index (χ4n) is 1.96. The highest BCUT2D eigenvalue weighted by Crippen LogP contribution is 2.41. The van der Waals surface area contributed by atoms with Gasteiger partial charge in [0.1, 0.15) is 0 Å². The van der Waals surface area contributed by atoms with Crippen molar-refractivity contribution in [2.24, 2.45) is 11.3 Å². The predicted molar refractivity (Wildman–Crippen MR) is 64.8 cm³/mol. The fraction of sp³-hybridized carbons (Fsp3) is 0.833. The van der Waals surface area contributed by atoms with E-state index in [2.05, 4.69) is 31.4 Å². The Balaban J connectivity index is 2.12. The summed E-state index contributed by atoms with van der Waals surface area (Å²) in [4.78, 5) is 21.6. The van der Waals surface area contributed by atoms with Crippen molar-refractivity contribution in [1.82, 2.24) is 10.6 Å². The van der Waals surface area contributed by atoms with Crippen LogP contribution < -0.4 is 10.6 Å². The average Bonchev–Trinajstić information content (AvgIpc) is 2.07. The highest BCUT2D eigenvalue weighted by atomic mass is 16.4. The van der Waals surface area contributed by atoms with Crippen LogP contribution in [-0.2, 0) is 4.79 Å². The van der Waals surface area contributed by atoms with Crippen molar-refractivity contribution < 1.29 is 14.7 Å². The lowest BCUT2D eigenvalue weighted by Crippen LogP contribution is -2.51. The molecule has 0 unspecified atom stereocenters. The van der Waals surface area contributed by atoms with Crippen molar-refractivity contribution in [2.45, 2.75) is 46.1 Å². The molecule has 1 saturated carbocycles. The van der Waals surface area contributed by atoms with E-state index in [0.29, 0.717) is 11.3 Å². The number of carboxylic acids is 1. The summed E-state index contributed by atoms with van der Waals surface area (Å²) in [5, 5.41) is 13.8. The Morgan fingerprint density at radius 2 is 1.88 bits per heavy atom. The summed E-state index contributed by atoms with van der Waals surface area (Å²) in [6.45, 7) is 6.80. The van der Waals surface area contributed by atoms with Gasteiger partial charge >= 0.3 is 12.0 Å². The van der Waals surface area contributed by atoms with Crippen LogP contribution in [0.3, 0.4) is 0 Å². The lowest BCUT2D eigenvalue weighted by atomic mass is 9.66. The van der Waals surface area contributed by atoms with E-state index in [1.807, 2.05) is 0 Å². The van der Waals surface area contributed by atoms with Gasteiger partial charge in [-0.1, -0.05) is 20.8 Å². The highest BCUT2D eigenvalue weighted by Gasteiger charge is 2.37. The molecular formula is C12H22N2O3. The first-order chi connectivity index (χ1) is 7.79. The van der Waals surface area contributed by atoms with E-state index in [-0.39, 0.29) is 25.0 Å². The number of nitrogens with one attached hydrogen (secondary N) is 2. The molecule has 0 bridgehead atoms. The van der Waals surface area contributed by atoms with Crippen LogP contribution in [0.25, 0.3) is 0 Å². The Bertz CT molecular complexity index is 291. The minimum absolute atomic E-state index is 0.0390. The van der Waals surface area contributed by atoms with Crippen molar-refractivity contribution in [3.63, 3.8) is 0 Å². The third-order valence-electron chi connectivity index (χ3n) is 3.32. The van der Waals surface area contributed by atoms with Gasteiger partial charge in [0.15, 0.2) is 0 Å². The molecule has 0 saturated heterocycles. The number of hydrogen-bond acceptors (Lipinski definition) is 2. The zero-order chi connectivity index (χ0) is 13.1. The molecule has 1 aliphatic carbocycles. The second-order valence-corrected chi connectivity index (χ2v) is 5.78. The Hall–Kier alpha value is -1.26. The molecule has 98 valence electrons. The topological polar surface area (TPSA) is 78.4 Å². The largest absolute Gasteiger partial charge is 0.481 e. The van der Waals surface area contributed by atoms with Gasteiger partial charge in [-0.3, -0.25) is 4.79 Å². The summed E-state index contributed by atoms with van der Waals surface area (Å²) >= 11 is 0. The molecule has 0 aromatic carbocycles. The lowest BCUT2D eigenvalue weighted by Gasteiger charge is -2.43. The van der Waals surface area contributed by atoms with E-state index >= 15 is 0 Å². The van der Waals surface area contributed by atoms with E-state index in [9.17, 15) is 9.59 Å². The van der Waals surface area contributed by atoms with Crippen LogP contribution in [-0.4, -0.2) is 29.7 Å². The van der Waals surface area contributed by atoms with Crippen LogP contribution >= 0.6 is 0 Å². The van der Waals surface area contributed by atoms with Crippen LogP contribution in [0.5, 0.6) is 0 Å². The Morgan fingerprint density at radius 1 is 1.29 bits per heavy atom. The maximum Gasteiger partial charge on any atom is 0.315 e. The summed E-state index contributed by atoms with van der Waals surface area (Å²) in [5.41, 5.74) is 0.304. The minimum atomic E-state index is -0.901. The number of carbonyl (C=O) groups is 2. The fourth-order valence-corrected chi connectivity index (χ4v) is 1.96. The maximum atomic E-state index is 11.4. The predicted octanol–water partition coefficient (Wildman–Crippen LogP) is 1.58. The van der Waals surface area contributed by atoms with Gasteiger partial charge in [0, 0.05) is 12.6 Å². The van der Waals surface area contributed by atoms with E-state index in [1.165, 1.54) is 0 Å². The van der Waals surface area contributed by atoms with Crippen LogP contribution in [0.1, 0.15) is 40.0 Å². The van der Waals surface area contributed by atoms with Gasteiger partial charge in [-0.25, -0.2) is 4.79 Å². The van der Waals surface area contributed by atoms with Gasteiger partial charge in [-0.2, -0.15) is 0 Å². The number of rotatable bonds is 4. The van der Waals surface area contributed by atoms with Crippen molar-refractivity contribution in [3.05, 3.63) is 0 Å². The zero-order valence-corrected chi connectivity index (χ0v) is 10.7. The molecule has 5 heteroatoms. The molecule has 0 aromatic rings. The van der Waals surface area contributed by atoms with Gasteiger partial charge in [-0.15, -0.1) is 0 Å². The number of amides is 2. The molecule has 0 aromatic heterocycles. The SMILES string of the molecule is CC(C)(C)C1CC(NC(=O)NCCC(=O)O)C1. The molecule has 2 amide bonds. The van der Waals surface area contributed by atoms with Crippen molar-refractivity contribution in [1.29, 1.82) is 0 Å². The van der Waals surface area contributed by atoms with E-state index in [1.54, 1.807) is 0 Å². The molecule has 1 aliphatic rings. The third-order valence-corrected chi connectivity index (χ3v) is 3.32. The highest BCUT2D eigenvalue weighted by molar-refractivity contribution is 5.75. The Kier molecular flexibility index (Phi) is 4.37. The molecule has 0 atom stereocenters. The summed E-state index contributed by atoms with van der Waals surface area (Å²) in [7, 11) is 0. The minimum Gasteiger partial charge on any atom is -0.481 e. The van der Waals surface area contributed by atoms with Crippen molar-refractivity contribution in [2.75, 3.05) is 6.54 Å². The molecule has 17 heavy (non-hydrogen) atoms. The third kappa shape index (κ3) is 4.63. The van der Waals surface area contributed by atoms with Gasteiger partial charge in [0.05, 0.1) is 6.42 Å². The second kappa shape index (κ2) is 5.38. The molecule has 3 N–H and O–H groups in total. The molecule has 1 fully saturated rings. The Morgan fingerprint density at radius 3 is 2.35 bits per heavy atom. The van der Waals surface area contributed by atoms with Crippen molar-refractivity contribution in [3.8, 4) is 0 Å². The molecule has 5 nitrogen and oxygen atoms in total. The van der Waals surface area contributed by atoms with E-state index in [0.717, 1.165) is 12.8 Å². The molecular weight excluding hydrogens is 220 g/mol. The van der Waals surface area contributed by atoms with E-state index in [4.69, 9.17) is 5.11 Å². The average molecular weight is 242 g/mol. The standard InChI is InChI=1S/C12H22N2O3/c1-12(2,3)8-6-9(7-8)14-11(17)13-5-4-10(15)16/h8-9H,4-7H2,1-3H3,(H,15,16)(H2,13,14,17). The first kappa shape index (κ1) is 13.8. The lowest BCUT2D eigenvalue weighted by molar-refractivity contribution is -0.136. The van der Waals surface area contributed by atoms with Crippen LogP contribution in [0, 0.1) is 11.3 Å². The van der Waals surface area contributed by atoms with Crippen molar-refractivity contribution >= 4 is 12.0 Å². The summed E-state index contributed by atoms with van der Waals surface area (Å²) in [6.07, 6.45) is 1.98. The smallest absolute Gasteiger partial charge is 0.315 e. The summed E-state index contributed by atoms with van der Waals surface area (Å²) in [6, 6.07) is -0.0207. The van der Waals surface area contributed by atoms with Gasteiger partial charge < -0.3 is 15.7 Å². The molecule has 0 aliphatic heterocycles. The summed E-state index contributed by atoms with van der Waals surface area (Å²) in [5.74, 6) is -0.242. The maximum absolute atomic E-state index is 11.4. The zero-order valence-electron chi connectivity index (χ0n) is 10.7. The number of hydrogen-bond donors (Lipinski definition) is 3. The van der Waals surface area contributed by atoms with Crippen LogP contribution in [0.15, 0.2) is 0 Å². The number of carbonyl (C=O) groups excluding carboxylic acids is 1. The van der Waals surface area contributed by atoms with Gasteiger partial charge in [0.25, 0.3) is 0 Å². The van der Waals surface area contributed by atoms with E-state index < -0.39 is 5.97 Å². The summed E-state index contributed by atoms with van der Waals surface area (Å²) < 4.78 is 0. The van der Waals surface area contributed by atoms with Gasteiger partial charge in [0.2, 0.25) is 0 Å². The number of aliphatic carboxylic acids is 1. The monoisotopic (exact) mass is 242 g/mol. The molecule has 0 radical (unpaired) electrons. The molecule has 1 rings (SSSR count).